The van der Waals surface area contributed by atoms with Gasteiger partial charge in [0.15, 0.2) is 6.34 Å². The molecule has 0 aromatic heterocycles. The van der Waals surface area contributed by atoms with E-state index in [1.165, 1.54) is 5.56 Å². The second kappa shape index (κ2) is 5.59. The van der Waals surface area contributed by atoms with Crippen LogP contribution < -0.4 is 10.4 Å². The van der Waals surface area contributed by atoms with Gasteiger partial charge in [-0.05, 0) is 26.3 Å². The monoisotopic (exact) mass is 234 g/mol. The van der Waals surface area contributed by atoms with Gasteiger partial charge in [-0.25, -0.2) is 4.99 Å². The van der Waals surface area contributed by atoms with Crippen molar-refractivity contribution in [2.45, 2.75) is 32.4 Å². The van der Waals surface area contributed by atoms with Gasteiger partial charge in [0.25, 0.3) is 0 Å². The molecular weight excluding hydrogens is 216 g/mol. The summed E-state index contributed by atoms with van der Waals surface area (Å²) in [6, 6.07) is 10.8. The number of rotatable bonds is 1. The Hall–Kier alpha value is -1.68. The van der Waals surface area contributed by atoms with Crippen molar-refractivity contribution in [3.8, 4) is 0 Å². The average Bonchev–Trinajstić information content (AvgIpc) is 2.58. The predicted molar refractivity (Wildman–Crippen MR) is 64.4 cm³/mol. The number of benzene rings is 1. The zero-order valence-corrected chi connectivity index (χ0v) is 10.4. The van der Waals surface area contributed by atoms with E-state index in [2.05, 4.69) is 48.4 Å². The molecule has 0 spiro atoms. The number of carbonyl (C=O) groups excluding carboxylic acids is 1. The van der Waals surface area contributed by atoms with Gasteiger partial charge in [0.1, 0.15) is 11.6 Å². The van der Waals surface area contributed by atoms with Crippen molar-refractivity contribution in [1.29, 1.82) is 0 Å². The highest BCUT2D eigenvalue weighted by molar-refractivity contribution is 5.60. The van der Waals surface area contributed by atoms with E-state index >= 15 is 0 Å². The molecule has 1 atom stereocenters. The number of aliphatic carboxylic acids is 1. The molecule has 17 heavy (non-hydrogen) atoms. The van der Waals surface area contributed by atoms with Crippen molar-refractivity contribution < 1.29 is 15.2 Å². The Labute approximate surface area is 101 Å². The van der Waals surface area contributed by atoms with Gasteiger partial charge >= 0.3 is 0 Å². The molecule has 2 rings (SSSR count). The molecule has 0 saturated carbocycles. The minimum absolute atomic E-state index is 0.168. The van der Waals surface area contributed by atoms with Crippen molar-refractivity contribution in [2.24, 2.45) is 4.99 Å². The molecule has 0 fully saturated rings. The maximum absolute atomic E-state index is 8.89. The molecule has 0 aliphatic carbocycles. The first kappa shape index (κ1) is 13.4. The molecule has 0 saturated heterocycles. The standard InChI is InChI=1S/C11H14N2.C2H4O2/c1-11(2)10(12-8-13-11)9-6-4-3-5-7-9;1-2(3)4/h3-8,10H,1-2H3,(H,12,13);1H3,(H,3,4). The van der Waals surface area contributed by atoms with Crippen molar-refractivity contribution >= 4 is 12.3 Å². The number of carbonyl (C=O) groups is 1. The Morgan fingerprint density at radius 3 is 2.29 bits per heavy atom. The minimum Gasteiger partial charge on any atom is -0.550 e. The Bertz CT molecular complexity index is 395. The summed E-state index contributed by atoms with van der Waals surface area (Å²) in [6.45, 7) is 5.41. The summed E-state index contributed by atoms with van der Waals surface area (Å²) in [6.07, 6.45) is 1.93. The molecule has 1 unspecified atom stereocenters. The lowest BCUT2D eigenvalue weighted by Gasteiger charge is -2.21. The van der Waals surface area contributed by atoms with Gasteiger partial charge in [-0.3, -0.25) is 5.32 Å². The van der Waals surface area contributed by atoms with Gasteiger partial charge < -0.3 is 9.90 Å². The Morgan fingerprint density at radius 1 is 1.35 bits per heavy atom. The van der Waals surface area contributed by atoms with Gasteiger partial charge in [-0.15, -0.1) is 0 Å². The van der Waals surface area contributed by atoms with Gasteiger partial charge in [0.05, 0.1) is 0 Å². The molecule has 0 amide bonds. The number of carboxylic acids is 1. The number of aliphatic imine (C=N–C) groups is 1. The maximum atomic E-state index is 8.89. The van der Waals surface area contributed by atoms with Crippen LogP contribution >= 0.6 is 0 Å². The second-order valence-electron chi connectivity index (χ2n) is 4.59. The fourth-order valence-corrected chi connectivity index (χ4v) is 1.76. The van der Waals surface area contributed by atoms with Crippen LogP contribution in [0, 0.1) is 0 Å². The number of hydrogen-bond acceptors (Lipinski definition) is 3. The molecule has 1 aromatic carbocycles. The topological polar surface area (TPSA) is 69.1 Å². The van der Waals surface area contributed by atoms with E-state index in [1.54, 1.807) is 0 Å². The van der Waals surface area contributed by atoms with Crippen LogP contribution in [0.3, 0.4) is 0 Å². The number of nitrogens with zero attached hydrogens (tertiary/aromatic N) is 1. The first-order chi connectivity index (χ1) is 7.93. The van der Waals surface area contributed by atoms with Crippen LogP contribution in [0.15, 0.2) is 35.3 Å². The van der Waals surface area contributed by atoms with Crippen LogP contribution in [0.2, 0.25) is 0 Å². The summed E-state index contributed by atoms with van der Waals surface area (Å²) in [5, 5.41) is 11.1. The summed E-state index contributed by atoms with van der Waals surface area (Å²) in [5.41, 5.74) is 1.47. The summed E-state index contributed by atoms with van der Waals surface area (Å²) < 4.78 is 0. The number of nitrogens with two attached hydrogens (primary N) is 1. The molecule has 92 valence electrons. The second-order valence-corrected chi connectivity index (χ2v) is 4.59. The fourth-order valence-electron chi connectivity index (χ4n) is 1.76. The quantitative estimate of drug-likeness (QED) is 0.735. The van der Waals surface area contributed by atoms with Crippen LogP contribution in [0.25, 0.3) is 0 Å². The van der Waals surface area contributed by atoms with E-state index in [0.29, 0.717) is 6.04 Å². The molecule has 2 N–H and O–H groups in total. The molecule has 1 heterocycles. The average molecular weight is 234 g/mol. The van der Waals surface area contributed by atoms with Crippen molar-refractivity contribution in [1.82, 2.24) is 0 Å². The third-order valence-electron chi connectivity index (χ3n) is 2.56. The van der Waals surface area contributed by atoms with Crippen LogP contribution in [0.5, 0.6) is 0 Å². The Morgan fingerprint density at radius 2 is 1.88 bits per heavy atom. The normalized spacial score (nSPS) is 20.5. The molecule has 4 nitrogen and oxygen atoms in total. The van der Waals surface area contributed by atoms with E-state index < -0.39 is 5.97 Å². The van der Waals surface area contributed by atoms with Gasteiger partial charge in [-0.2, -0.15) is 0 Å². The molecule has 1 aromatic rings. The lowest BCUT2D eigenvalue weighted by Crippen LogP contribution is -2.92. The minimum atomic E-state index is -1.08. The Kier molecular flexibility index (Phi) is 4.40. The van der Waals surface area contributed by atoms with E-state index in [1.807, 2.05) is 12.4 Å². The first-order valence-corrected chi connectivity index (χ1v) is 5.53. The lowest BCUT2D eigenvalue weighted by molar-refractivity contribution is -0.603. The third-order valence-corrected chi connectivity index (χ3v) is 2.56. The van der Waals surface area contributed by atoms with E-state index in [-0.39, 0.29) is 5.54 Å². The molecular formula is C13H18N2O2. The number of hydrogen-bond donors (Lipinski definition) is 1. The highest BCUT2D eigenvalue weighted by Gasteiger charge is 2.37. The van der Waals surface area contributed by atoms with E-state index in [4.69, 9.17) is 9.90 Å². The molecule has 4 heteroatoms. The fraction of sp³-hybridized carbons (Fsp3) is 0.385. The summed E-state index contributed by atoms with van der Waals surface area (Å²) in [5.74, 6) is -1.08. The summed E-state index contributed by atoms with van der Waals surface area (Å²) in [4.78, 5) is 13.4. The number of carboxylic acid groups (broad SMARTS) is 1. The van der Waals surface area contributed by atoms with E-state index in [9.17, 15) is 0 Å². The smallest absolute Gasteiger partial charge is 0.183 e. The zero-order chi connectivity index (χ0) is 12.9. The van der Waals surface area contributed by atoms with Crippen LogP contribution in [-0.2, 0) is 4.79 Å². The first-order valence-electron chi connectivity index (χ1n) is 5.53. The van der Waals surface area contributed by atoms with Gasteiger partial charge in [-0.1, -0.05) is 30.3 Å². The molecule has 0 radical (unpaired) electrons. The van der Waals surface area contributed by atoms with E-state index in [0.717, 1.165) is 6.92 Å². The predicted octanol–water partition coefficient (Wildman–Crippen LogP) is -0.132. The maximum Gasteiger partial charge on any atom is 0.183 e. The highest BCUT2D eigenvalue weighted by Crippen LogP contribution is 2.27. The summed E-state index contributed by atoms with van der Waals surface area (Å²) in [7, 11) is 0. The van der Waals surface area contributed by atoms with Crippen LogP contribution in [-0.4, -0.2) is 17.8 Å². The van der Waals surface area contributed by atoms with Crippen molar-refractivity contribution in [3.63, 3.8) is 0 Å². The number of quaternary nitrogens is 1. The lowest BCUT2D eigenvalue weighted by atomic mass is 9.90. The van der Waals surface area contributed by atoms with Crippen LogP contribution in [0.1, 0.15) is 32.4 Å². The molecule has 1 aliphatic rings. The van der Waals surface area contributed by atoms with Gasteiger partial charge in [0.2, 0.25) is 0 Å². The van der Waals surface area contributed by atoms with Crippen molar-refractivity contribution in [3.05, 3.63) is 35.9 Å². The highest BCUT2D eigenvalue weighted by atomic mass is 16.4. The molecule has 0 bridgehead atoms. The largest absolute Gasteiger partial charge is 0.550 e. The summed E-state index contributed by atoms with van der Waals surface area (Å²) >= 11 is 0. The van der Waals surface area contributed by atoms with Crippen molar-refractivity contribution in [2.75, 3.05) is 0 Å². The van der Waals surface area contributed by atoms with Gasteiger partial charge in [0, 0.05) is 5.97 Å². The SMILES string of the molecule is CC(=O)[O-].CC1(C)[NH2+]C=NC1c1ccccc1. The third kappa shape index (κ3) is 4.00. The zero-order valence-electron chi connectivity index (χ0n) is 10.4. The molecule has 1 aliphatic heterocycles. The van der Waals surface area contributed by atoms with Crippen LogP contribution in [0.4, 0.5) is 0 Å². The Balaban J connectivity index is 0.000000317.